The number of halogens is 2. The van der Waals surface area contributed by atoms with Crippen LogP contribution in [0.15, 0.2) is 27.1 Å². The number of benzene rings is 1. The van der Waals surface area contributed by atoms with Crippen molar-refractivity contribution in [3.8, 4) is 11.8 Å². The molecule has 18 heavy (non-hydrogen) atoms. The monoisotopic (exact) mass is 371 g/mol. The van der Waals surface area contributed by atoms with E-state index in [0.29, 0.717) is 6.04 Å². The summed E-state index contributed by atoms with van der Waals surface area (Å²) in [5, 5.41) is 3.59. The SMILES string of the molecule is CC#CCCC(NCCC)c1cc(Br)ccc1Br. The highest BCUT2D eigenvalue weighted by Gasteiger charge is 2.13. The van der Waals surface area contributed by atoms with Crippen LogP contribution in [0, 0.1) is 11.8 Å². The summed E-state index contributed by atoms with van der Waals surface area (Å²) in [6.45, 7) is 5.11. The molecule has 3 heteroatoms. The first-order valence-electron chi connectivity index (χ1n) is 6.27. The van der Waals surface area contributed by atoms with E-state index in [1.807, 2.05) is 6.92 Å². The molecule has 0 radical (unpaired) electrons. The highest BCUT2D eigenvalue weighted by molar-refractivity contribution is 9.11. The molecule has 0 aliphatic rings. The van der Waals surface area contributed by atoms with Gasteiger partial charge in [0.2, 0.25) is 0 Å². The van der Waals surface area contributed by atoms with Crippen LogP contribution in [-0.2, 0) is 0 Å². The molecule has 98 valence electrons. The van der Waals surface area contributed by atoms with Gasteiger partial charge in [-0.25, -0.2) is 0 Å². The lowest BCUT2D eigenvalue weighted by molar-refractivity contribution is 0.504. The van der Waals surface area contributed by atoms with Gasteiger partial charge in [-0.1, -0.05) is 38.8 Å². The Labute approximate surface area is 127 Å². The van der Waals surface area contributed by atoms with Gasteiger partial charge in [0.25, 0.3) is 0 Å². The van der Waals surface area contributed by atoms with Crippen molar-refractivity contribution in [1.82, 2.24) is 5.32 Å². The molecule has 0 saturated carbocycles. The van der Waals surface area contributed by atoms with Crippen LogP contribution in [-0.4, -0.2) is 6.54 Å². The molecule has 0 fully saturated rings. The van der Waals surface area contributed by atoms with Crippen LogP contribution in [0.25, 0.3) is 0 Å². The van der Waals surface area contributed by atoms with Gasteiger partial charge in [0.05, 0.1) is 0 Å². The molecule has 0 heterocycles. The quantitative estimate of drug-likeness (QED) is 0.688. The van der Waals surface area contributed by atoms with Crippen LogP contribution in [0.5, 0.6) is 0 Å². The van der Waals surface area contributed by atoms with E-state index in [1.165, 1.54) is 5.56 Å². The molecule has 1 aromatic rings. The summed E-state index contributed by atoms with van der Waals surface area (Å²) < 4.78 is 2.27. The molecular weight excluding hydrogens is 354 g/mol. The van der Waals surface area contributed by atoms with Gasteiger partial charge in [0, 0.05) is 21.4 Å². The maximum atomic E-state index is 3.64. The van der Waals surface area contributed by atoms with Gasteiger partial charge >= 0.3 is 0 Å². The summed E-state index contributed by atoms with van der Waals surface area (Å²) >= 11 is 7.17. The van der Waals surface area contributed by atoms with Crippen molar-refractivity contribution in [2.24, 2.45) is 0 Å². The lowest BCUT2D eigenvalue weighted by atomic mass is 10.0. The van der Waals surface area contributed by atoms with Crippen molar-refractivity contribution in [1.29, 1.82) is 0 Å². The maximum absolute atomic E-state index is 3.64. The second-order valence-electron chi connectivity index (χ2n) is 4.14. The van der Waals surface area contributed by atoms with Gasteiger partial charge in [-0.05, 0) is 50.1 Å². The molecule has 1 aromatic carbocycles. The Hall–Kier alpha value is -0.300. The van der Waals surface area contributed by atoms with Crippen LogP contribution < -0.4 is 5.32 Å². The molecule has 1 atom stereocenters. The van der Waals surface area contributed by atoms with Crippen molar-refractivity contribution >= 4 is 31.9 Å². The van der Waals surface area contributed by atoms with Gasteiger partial charge in [-0.3, -0.25) is 0 Å². The fourth-order valence-corrected chi connectivity index (χ4v) is 2.71. The maximum Gasteiger partial charge on any atom is 0.0340 e. The highest BCUT2D eigenvalue weighted by atomic mass is 79.9. The first kappa shape index (κ1) is 15.8. The average molecular weight is 373 g/mol. The topological polar surface area (TPSA) is 12.0 Å². The van der Waals surface area contributed by atoms with Crippen molar-refractivity contribution < 1.29 is 0 Å². The normalized spacial score (nSPS) is 11.8. The van der Waals surface area contributed by atoms with E-state index < -0.39 is 0 Å². The first-order chi connectivity index (χ1) is 8.69. The lowest BCUT2D eigenvalue weighted by Gasteiger charge is -2.19. The average Bonchev–Trinajstić information content (AvgIpc) is 2.37. The van der Waals surface area contributed by atoms with Gasteiger partial charge in [0.1, 0.15) is 0 Å². The van der Waals surface area contributed by atoms with Crippen LogP contribution >= 0.6 is 31.9 Å². The van der Waals surface area contributed by atoms with E-state index in [-0.39, 0.29) is 0 Å². The molecule has 1 unspecified atom stereocenters. The van der Waals surface area contributed by atoms with E-state index in [4.69, 9.17) is 0 Å². The zero-order chi connectivity index (χ0) is 13.4. The van der Waals surface area contributed by atoms with Crippen LogP contribution in [0.2, 0.25) is 0 Å². The lowest BCUT2D eigenvalue weighted by Crippen LogP contribution is -2.22. The van der Waals surface area contributed by atoms with Gasteiger partial charge in [-0.15, -0.1) is 11.8 Å². The van der Waals surface area contributed by atoms with E-state index in [2.05, 4.69) is 74.1 Å². The minimum Gasteiger partial charge on any atom is -0.310 e. The van der Waals surface area contributed by atoms with Crippen molar-refractivity contribution in [2.45, 2.75) is 39.2 Å². The molecule has 0 aromatic heterocycles. The summed E-state index contributed by atoms with van der Waals surface area (Å²) in [6.07, 6.45) is 3.11. The van der Waals surface area contributed by atoms with Crippen molar-refractivity contribution in [3.05, 3.63) is 32.7 Å². The zero-order valence-electron chi connectivity index (χ0n) is 10.9. The predicted molar refractivity (Wildman–Crippen MR) is 85.6 cm³/mol. The Bertz CT molecular complexity index is 432. The Morgan fingerprint density at radius 2 is 2.11 bits per heavy atom. The second kappa shape index (κ2) is 8.74. The standard InChI is InChI=1S/C15H19Br2N/c1-3-5-6-7-15(18-10-4-2)13-11-12(16)8-9-14(13)17/h8-9,11,15,18H,4,6-7,10H2,1-2H3. The fourth-order valence-electron chi connectivity index (χ4n) is 1.81. The Balaban J connectivity index is 2.84. The fraction of sp³-hybridized carbons (Fsp3) is 0.467. The molecule has 0 bridgehead atoms. The van der Waals surface area contributed by atoms with Crippen LogP contribution in [0.1, 0.15) is 44.7 Å². The van der Waals surface area contributed by atoms with Gasteiger partial charge in [-0.2, -0.15) is 0 Å². The smallest absolute Gasteiger partial charge is 0.0340 e. The summed E-state index contributed by atoms with van der Waals surface area (Å²) in [6, 6.07) is 6.68. The summed E-state index contributed by atoms with van der Waals surface area (Å²) in [7, 11) is 0. The Kier molecular flexibility index (Phi) is 7.65. The zero-order valence-corrected chi connectivity index (χ0v) is 14.1. The minimum absolute atomic E-state index is 0.359. The molecule has 1 nitrogen and oxygen atoms in total. The third-order valence-corrected chi connectivity index (χ3v) is 3.92. The van der Waals surface area contributed by atoms with E-state index in [0.717, 1.165) is 34.8 Å². The molecule has 0 amide bonds. The van der Waals surface area contributed by atoms with Crippen molar-refractivity contribution in [2.75, 3.05) is 6.54 Å². The molecular formula is C15H19Br2N. The summed E-state index contributed by atoms with van der Waals surface area (Å²) in [5.41, 5.74) is 1.30. The van der Waals surface area contributed by atoms with Gasteiger partial charge < -0.3 is 5.32 Å². The number of hydrogen-bond acceptors (Lipinski definition) is 1. The third-order valence-electron chi connectivity index (χ3n) is 2.71. The van der Waals surface area contributed by atoms with Crippen LogP contribution in [0.3, 0.4) is 0 Å². The first-order valence-corrected chi connectivity index (χ1v) is 7.85. The molecule has 0 spiro atoms. The largest absolute Gasteiger partial charge is 0.310 e. The Morgan fingerprint density at radius 1 is 1.33 bits per heavy atom. The minimum atomic E-state index is 0.359. The number of rotatable bonds is 6. The third kappa shape index (κ3) is 5.14. The number of hydrogen-bond donors (Lipinski definition) is 1. The van der Waals surface area contributed by atoms with Gasteiger partial charge in [0.15, 0.2) is 0 Å². The molecule has 1 rings (SSSR count). The van der Waals surface area contributed by atoms with Crippen LogP contribution in [0.4, 0.5) is 0 Å². The second-order valence-corrected chi connectivity index (χ2v) is 5.91. The highest BCUT2D eigenvalue weighted by Crippen LogP contribution is 2.29. The van der Waals surface area contributed by atoms with E-state index in [9.17, 15) is 0 Å². The molecule has 0 aliphatic carbocycles. The van der Waals surface area contributed by atoms with E-state index in [1.54, 1.807) is 0 Å². The number of nitrogens with one attached hydrogen (secondary N) is 1. The van der Waals surface area contributed by atoms with Crippen molar-refractivity contribution in [3.63, 3.8) is 0 Å². The van der Waals surface area contributed by atoms with E-state index >= 15 is 0 Å². The summed E-state index contributed by atoms with van der Waals surface area (Å²) in [5.74, 6) is 6.10. The molecule has 0 aliphatic heterocycles. The molecule has 1 N–H and O–H groups in total. The Morgan fingerprint density at radius 3 is 2.78 bits per heavy atom. The molecule has 0 saturated heterocycles. The predicted octanol–water partition coefficient (Wildman–Crippen LogP) is 5.06. The summed E-state index contributed by atoms with van der Waals surface area (Å²) in [4.78, 5) is 0.